The first-order valence-corrected chi connectivity index (χ1v) is 9.66. The number of furan rings is 1. The largest absolute Gasteiger partial charge is 0.457 e. The summed E-state index contributed by atoms with van der Waals surface area (Å²) < 4.78 is 7.01. The number of nitrogens with zero attached hydrogens (tertiary/aromatic N) is 2. The Morgan fingerprint density at radius 1 is 1.00 bits per heavy atom. The fourth-order valence-corrected chi connectivity index (χ4v) is 4.04. The van der Waals surface area contributed by atoms with Crippen LogP contribution in [0.2, 0.25) is 0 Å². The maximum Gasteiger partial charge on any atom is 0.253 e. The zero-order valence-electron chi connectivity index (χ0n) is 14.8. The highest BCUT2D eigenvalue weighted by molar-refractivity contribution is 7.21. The second-order valence-corrected chi connectivity index (χ2v) is 7.35. The van der Waals surface area contributed by atoms with Crippen molar-refractivity contribution in [3.05, 3.63) is 84.3 Å². The fourth-order valence-electron chi connectivity index (χ4n) is 3.12. The number of nitrogens with one attached hydrogen (secondary N) is 1. The molecule has 0 saturated heterocycles. The van der Waals surface area contributed by atoms with Gasteiger partial charge in [-0.25, -0.2) is 4.98 Å². The van der Waals surface area contributed by atoms with Crippen molar-refractivity contribution in [3.8, 4) is 10.8 Å². The monoisotopic (exact) mass is 385 g/mol. The van der Waals surface area contributed by atoms with Crippen molar-refractivity contribution >= 4 is 38.4 Å². The number of thiazole rings is 1. The molecule has 0 aliphatic heterocycles. The van der Waals surface area contributed by atoms with Crippen LogP contribution >= 0.6 is 11.3 Å². The molecule has 1 N–H and O–H groups in total. The lowest BCUT2D eigenvalue weighted by Gasteiger charge is -2.06. The van der Waals surface area contributed by atoms with Crippen LogP contribution in [0.4, 0.5) is 0 Å². The van der Waals surface area contributed by atoms with Gasteiger partial charge < -0.3 is 9.73 Å². The van der Waals surface area contributed by atoms with Crippen LogP contribution in [-0.4, -0.2) is 15.9 Å². The number of rotatable bonds is 4. The summed E-state index contributed by atoms with van der Waals surface area (Å²) in [7, 11) is 0. The number of pyridine rings is 1. The highest BCUT2D eigenvalue weighted by Crippen LogP contribution is 2.31. The Labute approximate surface area is 164 Å². The molecule has 0 unspecified atom stereocenters. The van der Waals surface area contributed by atoms with E-state index in [0.717, 1.165) is 20.6 Å². The molecule has 0 bridgehead atoms. The first kappa shape index (κ1) is 16.6. The minimum Gasteiger partial charge on any atom is -0.457 e. The lowest BCUT2D eigenvalue weighted by Crippen LogP contribution is -2.22. The molecule has 0 radical (unpaired) electrons. The number of fused-ring (bicyclic) bond motifs is 2. The number of carbonyl (C=O) groups excluding carboxylic acids is 1. The Morgan fingerprint density at radius 2 is 1.89 bits per heavy atom. The third kappa shape index (κ3) is 3.04. The number of carbonyl (C=O) groups is 1. The van der Waals surface area contributed by atoms with Crippen LogP contribution in [0.25, 0.3) is 31.9 Å². The van der Waals surface area contributed by atoms with E-state index >= 15 is 0 Å². The number of amides is 1. The molecule has 6 heteroatoms. The van der Waals surface area contributed by atoms with Gasteiger partial charge in [0.15, 0.2) is 10.8 Å². The summed E-state index contributed by atoms with van der Waals surface area (Å²) in [5, 5.41) is 4.68. The molecule has 2 aromatic carbocycles. The molecule has 3 aromatic heterocycles. The SMILES string of the molecule is O=C(NCc1ccc(-c2nc3ccccc3s2)o1)c1cccc2cccnc12. The van der Waals surface area contributed by atoms with E-state index in [1.54, 1.807) is 23.6 Å². The average Bonchev–Trinajstić information content (AvgIpc) is 3.38. The van der Waals surface area contributed by atoms with Crippen LogP contribution in [0.5, 0.6) is 0 Å². The molecular formula is C22H15N3O2S. The van der Waals surface area contributed by atoms with Gasteiger partial charge in [0.1, 0.15) is 5.76 Å². The molecule has 5 nitrogen and oxygen atoms in total. The maximum absolute atomic E-state index is 12.6. The zero-order chi connectivity index (χ0) is 18.9. The van der Waals surface area contributed by atoms with Gasteiger partial charge in [0.2, 0.25) is 0 Å². The number of para-hydroxylation sites is 2. The van der Waals surface area contributed by atoms with Gasteiger partial charge in [0.25, 0.3) is 5.91 Å². The minimum absolute atomic E-state index is 0.178. The van der Waals surface area contributed by atoms with Gasteiger partial charge in [-0.3, -0.25) is 9.78 Å². The molecule has 0 fully saturated rings. The Kier molecular flexibility index (Phi) is 4.10. The van der Waals surface area contributed by atoms with Gasteiger partial charge in [-0.2, -0.15) is 0 Å². The molecule has 1 amide bonds. The van der Waals surface area contributed by atoms with Gasteiger partial charge in [0, 0.05) is 11.6 Å². The van der Waals surface area contributed by atoms with Gasteiger partial charge >= 0.3 is 0 Å². The molecule has 3 heterocycles. The smallest absolute Gasteiger partial charge is 0.253 e. The van der Waals surface area contributed by atoms with Crippen molar-refractivity contribution in [2.75, 3.05) is 0 Å². The van der Waals surface area contributed by atoms with E-state index < -0.39 is 0 Å². The second-order valence-electron chi connectivity index (χ2n) is 6.32. The van der Waals surface area contributed by atoms with E-state index in [0.29, 0.717) is 29.1 Å². The highest BCUT2D eigenvalue weighted by atomic mass is 32.1. The van der Waals surface area contributed by atoms with Crippen LogP contribution in [0.15, 0.2) is 77.3 Å². The second kappa shape index (κ2) is 6.90. The highest BCUT2D eigenvalue weighted by Gasteiger charge is 2.13. The Morgan fingerprint density at radius 3 is 2.82 bits per heavy atom. The Hall–Kier alpha value is -3.51. The van der Waals surface area contributed by atoms with Gasteiger partial charge in [0.05, 0.1) is 27.8 Å². The van der Waals surface area contributed by atoms with E-state index in [1.807, 2.05) is 60.7 Å². The van der Waals surface area contributed by atoms with E-state index in [-0.39, 0.29) is 5.91 Å². The van der Waals surface area contributed by atoms with Gasteiger partial charge in [-0.05, 0) is 36.4 Å². The molecule has 5 rings (SSSR count). The molecule has 0 atom stereocenters. The molecular weight excluding hydrogens is 370 g/mol. The zero-order valence-corrected chi connectivity index (χ0v) is 15.6. The summed E-state index contributed by atoms with van der Waals surface area (Å²) in [5.74, 6) is 1.20. The van der Waals surface area contributed by atoms with Crippen molar-refractivity contribution < 1.29 is 9.21 Å². The fraction of sp³-hybridized carbons (Fsp3) is 0.0455. The third-order valence-corrected chi connectivity index (χ3v) is 5.52. The van der Waals surface area contributed by atoms with Crippen molar-refractivity contribution in [2.45, 2.75) is 6.54 Å². The van der Waals surface area contributed by atoms with Crippen LogP contribution < -0.4 is 5.32 Å². The maximum atomic E-state index is 12.6. The number of hydrogen-bond acceptors (Lipinski definition) is 5. The van der Waals surface area contributed by atoms with E-state index in [4.69, 9.17) is 4.42 Å². The molecule has 136 valence electrons. The van der Waals surface area contributed by atoms with Crippen LogP contribution in [0, 0.1) is 0 Å². The molecule has 5 aromatic rings. The summed E-state index contributed by atoms with van der Waals surface area (Å²) in [6.07, 6.45) is 1.69. The van der Waals surface area contributed by atoms with Gasteiger partial charge in [-0.15, -0.1) is 11.3 Å². The van der Waals surface area contributed by atoms with Crippen molar-refractivity contribution in [1.29, 1.82) is 0 Å². The van der Waals surface area contributed by atoms with Gasteiger partial charge in [-0.1, -0.05) is 30.3 Å². The predicted octanol–water partition coefficient (Wildman–Crippen LogP) is 5.03. The first-order valence-electron chi connectivity index (χ1n) is 8.84. The lowest BCUT2D eigenvalue weighted by molar-refractivity contribution is 0.0949. The summed E-state index contributed by atoms with van der Waals surface area (Å²) in [6, 6.07) is 21.1. The number of benzene rings is 2. The summed E-state index contributed by atoms with van der Waals surface area (Å²) >= 11 is 1.59. The third-order valence-electron chi connectivity index (χ3n) is 4.47. The molecule has 28 heavy (non-hydrogen) atoms. The average molecular weight is 385 g/mol. The molecule has 0 aliphatic carbocycles. The Balaban J connectivity index is 1.34. The Bertz CT molecular complexity index is 1270. The predicted molar refractivity (Wildman–Crippen MR) is 110 cm³/mol. The normalized spacial score (nSPS) is 11.1. The summed E-state index contributed by atoms with van der Waals surface area (Å²) in [5.41, 5.74) is 2.20. The summed E-state index contributed by atoms with van der Waals surface area (Å²) in [4.78, 5) is 21.6. The minimum atomic E-state index is -0.178. The topological polar surface area (TPSA) is 68.0 Å². The van der Waals surface area contributed by atoms with E-state index in [2.05, 4.69) is 15.3 Å². The van der Waals surface area contributed by atoms with Crippen LogP contribution in [0.1, 0.15) is 16.1 Å². The standard InChI is InChI=1S/C22H15N3O2S/c26-21(16-7-3-5-14-6-4-12-23-20(14)16)24-13-15-10-11-18(27-15)22-25-17-8-1-2-9-19(17)28-22/h1-12H,13H2,(H,24,26). The van der Waals surface area contributed by atoms with Crippen molar-refractivity contribution in [3.63, 3.8) is 0 Å². The molecule has 0 saturated carbocycles. The van der Waals surface area contributed by atoms with Crippen molar-refractivity contribution in [2.24, 2.45) is 0 Å². The van der Waals surface area contributed by atoms with Crippen molar-refractivity contribution in [1.82, 2.24) is 15.3 Å². The molecule has 0 aliphatic rings. The van der Waals surface area contributed by atoms with E-state index in [9.17, 15) is 4.79 Å². The number of aromatic nitrogens is 2. The van der Waals surface area contributed by atoms with Crippen LogP contribution in [-0.2, 0) is 6.54 Å². The number of hydrogen-bond donors (Lipinski definition) is 1. The first-order chi connectivity index (χ1) is 13.8. The van der Waals surface area contributed by atoms with Crippen LogP contribution in [0.3, 0.4) is 0 Å². The molecule has 0 spiro atoms. The quantitative estimate of drug-likeness (QED) is 0.471. The lowest BCUT2D eigenvalue weighted by atomic mass is 10.1. The van der Waals surface area contributed by atoms with E-state index in [1.165, 1.54) is 0 Å². The summed E-state index contributed by atoms with van der Waals surface area (Å²) in [6.45, 7) is 0.299.